The van der Waals surface area contributed by atoms with E-state index in [1.54, 1.807) is 0 Å². The fourth-order valence-corrected chi connectivity index (χ4v) is 11.2. The molecule has 0 amide bonds. The summed E-state index contributed by atoms with van der Waals surface area (Å²) in [5, 5.41) is 13.1. The molecule has 1 heteroatoms. The van der Waals surface area contributed by atoms with Crippen LogP contribution in [0, 0.1) is 0 Å². The van der Waals surface area contributed by atoms with Gasteiger partial charge in [-0.1, -0.05) is 166 Å². The summed E-state index contributed by atoms with van der Waals surface area (Å²) in [4.78, 5) is 0. The highest BCUT2D eigenvalue weighted by Gasteiger charge is 2.37. The summed E-state index contributed by atoms with van der Waals surface area (Å²) in [6, 6.07) is 68.1. The summed E-state index contributed by atoms with van der Waals surface area (Å²) in [6.07, 6.45) is 0. The molecule has 1 aliphatic rings. The molecule has 1 aliphatic carbocycles. The van der Waals surface area contributed by atoms with E-state index in [0.29, 0.717) is 0 Å². The fraction of sp³-hybridized carbons (Fsp3) is 0.0545. The van der Waals surface area contributed by atoms with E-state index in [1.807, 2.05) is 11.3 Å². The molecule has 0 bridgehead atoms. The van der Waals surface area contributed by atoms with Crippen molar-refractivity contribution in [3.63, 3.8) is 0 Å². The number of hydrogen-bond acceptors (Lipinski definition) is 1. The molecule has 1 heterocycles. The minimum Gasteiger partial charge on any atom is -0.135 e. The van der Waals surface area contributed by atoms with Crippen LogP contribution in [-0.4, -0.2) is 0 Å². The van der Waals surface area contributed by atoms with Gasteiger partial charge in [0.05, 0.1) is 0 Å². The van der Waals surface area contributed by atoms with Crippen molar-refractivity contribution in [3.8, 4) is 44.5 Å². The molecule has 0 saturated heterocycles. The third-order valence-electron chi connectivity index (χ3n) is 12.6. The van der Waals surface area contributed by atoms with Crippen LogP contribution in [0.3, 0.4) is 0 Å². The van der Waals surface area contributed by atoms with Gasteiger partial charge in [-0.15, -0.1) is 11.3 Å². The molecule has 0 N–H and O–H groups in total. The van der Waals surface area contributed by atoms with E-state index in [0.717, 1.165) is 0 Å². The van der Waals surface area contributed by atoms with Gasteiger partial charge in [0, 0.05) is 25.6 Å². The zero-order valence-electron chi connectivity index (χ0n) is 31.2. The van der Waals surface area contributed by atoms with Gasteiger partial charge in [-0.05, 0) is 129 Å². The van der Waals surface area contributed by atoms with Gasteiger partial charge >= 0.3 is 0 Å². The van der Waals surface area contributed by atoms with Gasteiger partial charge < -0.3 is 0 Å². The Kier molecular flexibility index (Phi) is 6.66. The molecule has 0 atom stereocenters. The Balaban J connectivity index is 0.991. The third-order valence-corrected chi connectivity index (χ3v) is 13.7. The summed E-state index contributed by atoms with van der Waals surface area (Å²) in [5.74, 6) is 0. The first-order valence-electron chi connectivity index (χ1n) is 19.6. The number of rotatable bonds is 3. The molecule has 56 heavy (non-hydrogen) atoms. The number of fused-ring (bicyclic) bond motifs is 12. The smallest absolute Gasteiger partial charge is 0.0361 e. The molecule has 0 saturated carbocycles. The molecule has 0 spiro atoms. The Morgan fingerprint density at radius 2 is 0.893 bits per heavy atom. The number of hydrogen-bond donors (Lipinski definition) is 0. The lowest BCUT2D eigenvalue weighted by molar-refractivity contribution is 0.667. The molecule has 262 valence electrons. The maximum Gasteiger partial charge on any atom is 0.0361 e. The van der Waals surface area contributed by atoms with Crippen molar-refractivity contribution in [2.45, 2.75) is 19.3 Å². The molecule has 11 aromatic rings. The van der Waals surface area contributed by atoms with Crippen molar-refractivity contribution in [3.05, 3.63) is 193 Å². The van der Waals surface area contributed by atoms with Crippen LogP contribution >= 0.6 is 11.3 Å². The van der Waals surface area contributed by atoms with E-state index >= 15 is 0 Å². The van der Waals surface area contributed by atoms with Crippen molar-refractivity contribution in [2.24, 2.45) is 0 Å². The predicted octanol–water partition coefficient (Wildman–Crippen LogP) is 16.0. The molecule has 10 aromatic carbocycles. The molecular formula is C55H36S. The zero-order chi connectivity index (χ0) is 37.1. The van der Waals surface area contributed by atoms with E-state index in [-0.39, 0.29) is 5.41 Å². The van der Waals surface area contributed by atoms with Crippen molar-refractivity contribution in [1.29, 1.82) is 0 Å². The maximum atomic E-state index is 2.45. The van der Waals surface area contributed by atoms with E-state index in [1.165, 1.54) is 119 Å². The van der Waals surface area contributed by atoms with Crippen molar-refractivity contribution >= 4 is 74.6 Å². The lowest BCUT2D eigenvalue weighted by atomic mass is 9.79. The van der Waals surface area contributed by atoms with Crippen LogP contribution in [0.15, 0.2) is 182 Å². The van der Waals surface area contributed by atoms with Crippen LogP contribution in [0.2, 0.25) is 0 Å². The Morgan fingerprint density at radius 3 is 1.61 bits per heavy atom. The van der Waals surface area contributed by atoms with Crippen LogP contribution < -0.4 is 0 Å². The maximum absolute atomic E-state index is 2.45. The monoisotopic (exact) mass is 728 g/mol. The lowest BCUT2D eigenvalue weighted by Crippen LogP contribution is -2.15. The number of benzene rings is 10. The van der Waals surface area contributed by atoms with Crippen LogP contribution in [0.25, 0.3) is 108 Å². The second-order valence-corrected chi connectivity index (χ2v) is 17.1. The Morgan fingerprint density at radius 1 is 0.357 bits per heavy atom. The molecule has 0 fully saturated rings. The van der Waals surface area contributed by atoms with E-state index in [4.69, 9.17) is 0 Å². The fourth-order valence-electron chi connectivity index (χ4n) is 10.1. The summed E-state index contributed by atoms with van der Waals surface area (Å²) in [5.41, 5.74) is 13.1. The van der Waals surface area contributed by atoms with Crippen LogP contribution in [-0.2, 0) is 5.41 Å². The van der Waals surface area contributed by atoms with Crippen LogP contribution in [0.4, 0.5) is 0 Å². The van der Waals surface area contributed by atoms with Gasteiger partial charge in [-0.2, -0.15) is 0 Å². The molecule has 0 radical (unpaired) electrons. The topological polar surface area (TPSA) is 0 Å². The van der Waals surface area contributed by atoms with Gasteiger partial charge in [-0.3, -0.25) is 0 Å². The largest absolute Gasteiger partial charge is 0.135 e. The third kappa shape index (κ3) is 4.47. The average molecular weight is 729 g/mol. The average Bonchev–Trinajstić information content (AvgIpc) is 3.74. The molecule has 0 nitrogen and oxygen atoms in total. The standard InChI is InChI=1S/C55H36S/c1-55(2)47-28-25-38(32-46(47)44-27-24-34-26-29-49-53(52(34)54(44)55)45-18-10-11-19-48(45)56-49)36-20-21-37-31-39(23-22-35(37)30-36)51-42-16-8-6-14-40(42)50(33-12-4-3-5-13-33)41-15-7-9-17-43(41)51/h3-32H,1-2H3. The molecule has 0 aliphatic heterocycles. The molecular weight excluding hydrogens is 693 g/mol. The summed E-state index contributed by atoms with van der Waals surface area (Å²) >= 11 is 1.91. The SMILES string of the molecule is CC1(C)c2ccc(-c3ccc4cc(-c5c6ccccc6c(-c6ccccc6)c6ccccc56)ccc4c3)cc2-c2ccc3ccc4sc5ccccc5c4c3c21. The highest BCUT2D eigenvalue weighted by Crippen LogP contribution is 2.54. The first kappa shape index (κ1) is 31.8. The Bertz CT molecular complexity index is 3380. The predicted molar refractivity (Wildman–Crippen MR) is 243 cm³/mol. The second-order valence-electron chi connectivity index (χ2n) is 16.0. The zero-order valence-corrected chi connectivity index (χ0v) is 32.0. The summed E-state index contributed by atoms with van der Waals surface area (Å²) < 4.78 is 2.72. The van der Waals surface area contributed by atoms with Gasteiger partial charge in [0.25, 0.3) is 0 Å². The second kappa shape index (κ2) is 11.7. The first-order chi connectivity index (χ1) is 27.5. The Labute approximate surface area is 329 Å². The van der Waals surface area contributed by atoms with Gasteiger partial charge in [0.2, 0.25) is 0 Å². The van der Waals surface area contributed by atoms with E-state index < -0.39 is 0 Å². The first-order valence-corrected chi connectivity index (χ1v) is 20.4. The Hall–Kier alpha value is -6.54. The molecule has 1 aromatic heterocycles. The summed E-state index contributed by atoms with van der Waals surface area (Å²) in [7, 11) is 0. The minimum atomic E-state index is -0.118. The minimum absolute atomic E-state index is 0.118. The van der Waals surface area contributed by atoms with E-state index in [9.17, 15) is 0 Å². The van der Waals surface area contributed by atoms with Crippen molar-refractivity contribution in [1.82, 2.24) is 0 Å². The molecule has 0 unspecified atom stereocenters. The van der Waals surface area contributed by atoms with Crippen molar-refractivity contribution in [2.75, 3.05) is 0 Å². The molecule has 12 rings (SSSR count). The normalized spacial score (nSPS) is 13.3. The number of thiophene rings is 1. The van der Waals surface area contributed by atoms with Gasteiger partial charge in [0.1, 0.15) is 0 Å². The highest BCUT2D eigenvalue weighted by molar-refractivity contribution is 7.26. The van der Waals surface area contributed by atoms with Gasteiger partial charge in [-0.25, -0.2) is 0 Å². The highest BCUT2D eigenvalue weighted by atomic mass is 32.1. The van der Waals surface area contributed by atoms with Crippen molar-refractivity contribution < 1.29 is 0 Å². The van der Waals surface area contributed by atoms with Gasteiger partial charge in [0.15, 0.2) is 0 Å². The lowest BCUT2D eigenvalue weighted by Gasteiger charge is -2.24. The summed E-state index contributed by atoms with van der Waals surface area (Å²) in [6.45, 7) is 4.83. The van der Waals surface area contributed by atoms with E-state index in [2.05, 4.69) is 196 Å². The van der Waals surface area contributed by atoms with Crippen LogP contribution in [0.1, 0.15) is 25.0 Å². The van der Waals surface area contributed by atoms with Crippen LogP contribution in [0.5, 0.6) is 0 Å². The quantitative estimate of drug-likeness (QED) is 0.159.